The lowest BCUT2D eigenvalue weighted by molar-refractivity contribution is -0.140. The van der Waals surface area contributed by atoms with E-state index >= 15 is 0 Å². The Morgan fingerprint density at radius 3 is 2.00 bits per heavy atom. The zero-order chi connectivity index (χ0) is 34.3. The van der Waals surface area contributed by atoms with Gasteiger partial charge in [0.25, 0.3) is 0 Å². The normalized spacial score (nSPS) is 23.8. The molecule has 2 amide bonds. The Hall–Kier alpha value is -3.17. The smallest absolute Gasteiger partial charge is 0.244 e. The van der Waals surface area contributed by atoms with Gasteiger partial charge >= 0.3 is 0 Å². The van der Waals surface area contributed by atoms with Crippen LogP contribution >= 0.6 is 15.9 Å². The highest BCUT2D eigenvalue weighted by Crippen LogP contribution is 2.60. The number of rotatable bonds is 11. The van der Waals surface area contributed by atoms with Crippen molar-refractivity contribution in [3.05, 3.63) is 100 Å². The zero-order valence-electron chi connectivity index (χ0n) is 28.5. The first-order chi connectivity index (χ1) is 22.7. The molecule has 0 heterocycles. The van der Waals surface area contributed by atoms with Crippen molar-refractivity contribution in [3.63, 3.8) is 0 Å². The van der Waals surface area contributed by atoms with Crippen molar-refractivity contribution in [2.24, 2.45) is 17.8 Å². The molecule has 4 aliphatic rings. The van der Waals surface area contributed by atoms with E-state index < -0.39 is 34.1 Å². The van der Waals surface area contributed by atoms with E-state index in [1.807, 2.05) is 87.5 Å². The number of benzene rings is 3. The number of sulfonamides is 1. The first-order valence-corrected chi connectivity index (χ1v) is 19.8. The van der Waals surface area contributed by atoms with Crippen LogP contribution in [0.3, 0.4) is 0 Å². The lowest BCUT2D eigenvalue weighted by Gasteiger charge is -2.57. The molecule has 4 fully saturated rings. The molecule has 4 saturated carbocycles. The molecule has 0 saturated heterocycles. The van der Waals surface area contributed by atoms with Crippen molar-refractivity contribution < 1.29 is 18.0 Å². The Balaban J connectivity index is 1.31. The molecule has 0 aromatic heterocycles. The third kappa shape index (κ3) is 7.99. The first kappa shape index (κ1) is 34.7. The lowest BCUT2D eigenvalue weighted by atomic mass is 9.48. The minimum atomic E-state index is -3.84. The predicted molar refractivity (Wildman–Crippen MR) is 195 cm³/mol. The molecule has 48 heavy (non-hydrogen) atoms. The number of anilines is 1. The third-order valence-corrected chi connectivity index (χ3v) is 12.1. The second kappa shape index (κ2) is 13.6. The molecule has 0 aliphatic heterocycles. The van der Waals surface area contributed by atoms with Crippen molar-refractivity contribution in [1.29, 1.82) is 0 Å². The van der Waals surface area contributed by atoms with Gasteiger partial charge in [-0.25, -0.2) is 8.42 Å². The summed E-state index contributed by atoms with van der Waals surface area (Å²) in [5.74, 6) is 1.67. The van der Waals surface area contributed by atoms with Gasteiger partial charge in [-0.3, -0.25) is 13.9 Å². The van der Waals surface area contributed by atoms with E-state index in [2.05, 4.69) is 33.4 Å². The van der Waals surface area contributed by atoms with Gasteiger partial charge in [0.05, 0.1) is 11.9 Å². The molecule has 3 aromatic carbocycles. The maximum atomic E-state index is 14.5. The van der Waals surface area contributed by atoms with Crippen LogP contribution in [0.25, 0.3) is 0 Å². The number of carbonyl (C=O) groups excluding carboxylic acids is 2. The fourth-order valence-corrected chi connectivity index (χ4v) is 10.2. The van der Waals surface area contributed by atoms with Crippen molar-refractivity contribution in [1.82, 2.24) is 10.2 Å². The summed E-state index contributed by atoms with van der Waals surface area (Å²) in [5.41, 5.74) is 3.13. The summed E-state index contributed by atoms with van der Waals surface area (Å²) < 4.78 is 28.7. The number of hydrogen-bond acceptors (Lipinski definition) is 4. The Morgan fingerprint density at radius 2 is 1.46 bits per heavy atom. The Labute approximate surface area is 294 Å². The number of nitrogens with one attached hydrogen (secondary N) is 1. The topological polar surface area (TPSA) is 86.8 Å². The lowest BCUT2D eigenvalue weighted by Crippen LogP contribution is -2.56. The molecular weight excluding hydrogens is 686 g/mol. The van der Waals surface area contributed by atoms with Gasteiger partial charge in [0.1, 0.15) is 12.6 Å². The molecule has 1 N–H and O–H groups in total. The monoisotopic (exact) mass is 733 g/mol. The Morgan fingerprint density at radius 1 is 0.875 bits per heavy atom. The van der Waals surface area contributed by atoms with Crippen molar-refractivity contribution in [3.8, 4) is 0 Å². The number of nitrogens with zero attached hydrogens (tertiary/aromatic N) is 2. The second-order valence-corrected chi connectivity index (χ2v) is 18.4. The number of amides is 2. The molecule has 9 heteroatoms. The molecule has 0 unspecified atom stereocenters. The van der Waals surface area contributed by atoms with E-state index in [1.165, 1.54) is 53.3 Å². The Kier molecular flexibility index (Phi) is 9.84. The standard InChI is InChI=1S/C39H48BrN3O4S/c1-38(2,3)41-37(45)35(21-27-9-6-5-7-10-27)42(25-28-11-8-12-33(40)20-28)36(44)26-43(48(4,46)47)34-15-13-32(14-16-34)39-22-29-17-30(23-39)19-31(18-29)24-39/h5-16,20,29-31,35H,17-19,21-26H2,1-4H3,(H,41,45)/t29?,30?,31?,35-,39?/m1/s1. The minimum Gasteiger partial charge on any atom is -0.350 e. The van der Waals surface area contributed by atoms with Crippen LogP contribution in [0, 0.1) is 17.8 Å². The summed E-state index contributed by atoms with van der Waals surface area (Å²) in [6.07, 6.45) is 9.15. The maximum Gasteiger partial charge on any atom is 0.244 e. The molecule has 7 nitrogen and oxygen atoms in total. The van der Waals surface area contributed by atoms with Crippen LogP contribution in [-0.2, 0) is 38.0 Å². The Bertz CT molecular complexity index is 1700. The summed E-state index contributed by atoms with van der Waals surface area (Å²) in [7, 11) is -3.84. The molecule has 7 rings (SSSR count). The maximum absolute atomic E-state index is 14.5. The van der Waals surface area contributed by atoms with Crippen molar-refractivity contribution >= 4 is 43.5 Å². The SMILES string of the molecule is CC(C)(C)NC(=O)[C@@H](Cc1ccccc1)N(Cc1cccc(Br)c1)C(=O)CN(c1ccc(C23CC4CC(CC(C4)C2)C3)cc1)S(C)(=O)=O. The average Bonchev–Trinajstić information content (AvgIpc) is 3.00. The molecule has 0 spiro atoms. The van der Waals surface area contributed by atoms with Crippen molar-refractivity contribution in [2.75, 3.05) is 17.1 Å². The van der Waals surface area contributed by atoms with Gasteiger partial charge in [-0.15, -0.1) is 0 Å². The molecule has 4 aliphatic carbocycles. The van der Waals surface area contributed by atoms with Gasteiger partial charge in [0.2, 0.25) is 21.8 Å². The van der Waals surface area contributed by atoms with Crippen LogP contribution in [0.4, 0.5) is 5.69 Å². The number of hydrogen-bond donors (Lipinski definition) is 1. The van der Waals surface area contributed by atoms with E-state index in [0.29, 0.717) is 5.69 Å². The van der Waals surface area contributed by atoms with Gasteiger partial charge in [0.15, 0.2) is 0 Å². The molecule has 0 radical (unpaired) electrons. The number of carbonyl (C=O) groups is 2. The fraction of sp³-hybridized carbons (Fsp3) is 0.487. The predicted octanol–water partition coefficient (Wildman–Crippen LogP) is 7.24. The molecule has 256 valence electrons. The van der Waals surface area contributed by atoms with Crippen LogP contribution in [0.1, 0.15) is 76.0 Å². The highest BCUT2D eigenvalue weighted by molar-refractivity contribution is 9.10. The van der Waals surface area contributed by atoms with Crippen LogP contribution in [0.5, 0.6) is 0 Å². The van der Waals surface area contributed by atoms with Gasteiger partial charge in [-0.2, -0.15) is 0 Å². The van der Waals surface area contributed by atoms with Gasteiger partial charge < -0.3 is 10.2 Å². The summed E-state index contributed by atoms with van der Waals surface area (Å²) in [4.78, 5) is 30.0. The summed E-state index contributed by atoms with van der Waals surface area (Å²) in [6.45, 7) is 5.43. The highest BCUT2D eigenvalue weighted by Gasteiger charge is 2.51. The summed E-state index contributed by atoms with van der Waals surface area (Å²) in [6, 6.07) is 24.3. The largest absolute Gasteiger partial charge is 0.350 e. The van der Waals surface area contributed by atoms with E-state index in [1.54, 1.807) is 0 Å². The van der Waals surface area contributed by atoms with Gasteiger partial charge in [0, 0.05) is 23.0 Å². The zero-order valence-corrected chi connectivity index (χ0v) is 30.9. The van der Waals surface area contributed by atoms with Crippen LogP contribution in [-0.4, -0.2) is 49.5 Å². The average molecular weight is 735 g/mol. The molecule has 1 atom stereocenters. The second-order valence-electron chi connectivity index (χ2n) is 15.6. The molecule has 4 bridgehead atoms. The van der Waals surface area contributed by atoms with Gasteiger partial charge in [-0.05, 0) is 123 Å². The highest BCUT2D eigenvalue weighted by atomic mass is 79.9. The quantitative estimate of drug-likeness (QED) is 0.225. The van der Waals surface area contributed by atoms with Crippen LogP contribution < -0.4 is 9.62 Å². The van der Waals surface area contributed by atoms with E-state index in [-0.39, 0.29) is 24.3 Å². The van der Waals surface area contributed by atoms with E-state index in [4.69, 9.17) is 0 Å². The molecule has 3 aromatic rings. The fourth-order valence-electron chi connectivity index (χ4n) is 8.90. The molecular formula is C39H48BrN3O4S. The van der Waals surface area contributed by atoms with Crippen LogP contribution in [0.2, 0.25) is 0 Å². The third-order valence-electron chi connectivity index (χ3n) is 10.5. The van der Waals surface area contributed by atoms with E-state index in [9.17, 15) is 18.0 Å². The minimum absolute atomic E-state index is 0.135. The summed E-state index contributed by atoms with van der Waals surface area (Å²) in [5, 5.41) is 3.07. The van der Waals surface area contributed by atoms with Gasteiger partial charge in [-0.1, -0.05) is 70.5 Å². The first-order valence-electron chi connectivity index (χ1n) is 17.2. The summed E-state index contributed by atoms with van der Waals surface area (Å²) >= 11 is 3.53. The van der Waals surface area contributed by atoms with Crippen molar-refractivity contribution in [2.45, 2.75) is 89.3 Å². The number of halogens is 1. The van der Waals surface area contributed by atoms with Crippen LogP contribution in [0.15, 0.2) is 83.3 Å². The van der Waals surface area contributed by atoms with E-state index in [0.717, 1.165) is 39.6 Å².